The van der Waals surface area contributed by atoms with Crippen LogP contribution in [0.3, 0.4) is 0 Å². The highest BCUT2D eigenvalue weighted by Gasteiger charge is 2.48. The van der Waals surface area contributed by atoms with Gasteiger partial charge in [0.05, 0.1) is 19.8 Å². The van der Waals surface area contributed by atoms with Crippen LogP contribution in [0.25, 0.3) is 0 Å². The summed E-state index contributed by atoms with van der Waals surface area (Å²) in [7, 11) is -5.06. The van der Waals surface area contributed by atoms with E-state index in [-0.39, 0.29) is 19.6 Å². The maximum Gasteiger partial charge on any atom is 0.397 e. The lowest BCUT2D eigenvalue weighted by molar-refractivity contribution is -0.301. The fourth-order valence-electron chi connectivity index (χ4n) is 6.97. The molecule has 346 valence electrons. The first-order valence-corrected chi connectivity index (χ1v) is 24.6. The van der Waals surface area contributed by atoms with Crippen molar-refractivity contribution in [3.05, 3.63) is 36.5 Å². The van der Waals surface area contributed by atoms with Gasteiger partial charge in [0.1, 0.15) is 30.5 Å². The molecule has 1 aliphatic heterocycles. The lowest BCUT2D eigenvalue weighted by Gasteiger charge is -2.41. The molecule has 1 rings (SSSR count). The van der Waals surface area contributed by atoms with Crippen molar-refractivity contribution in [2.45, 2.75) is 224 Å². The van der Waals surface area contributed by atoms with E-state index in [0.29, 0.717) is 13.0 Å². The van der Waals surface area contributed by atoms with E-state index in [1.807, 2.05) is 0 Å². The van der Waals surface area contributed by atoms with Gasteiger partial charge in [-0.2, -0.15) is 8.42 Å². The zero-order valence-electron chi connectivity index (χ0n) is 36.8. The molecule has 1 saturated heterocycles. The molecule has 1 aliphatic rings. The number of ether oxygens (including phenoxy) is 4. The number of allylic oxidation sites excluding steroid dienone is 6. The van der Waals surface area contributed by atoms with E-state index < -0.39 is 59.8 Å². The van der Waals surface area contributed by atoms with Crippen molar-refractivity contribution in [1.29, 1.82) is 0 Å². The molecule has 6 unspecified atom stereocenters. The number of rotatable bonds is 40. The minimum atomic E-state index is -5.06. The van der Waals surface area contributed by atoms with E-state index in [9.17, 15) is 28.5 Å². The SMILES string of the molecule is CCCCCCC/C=C\C/C=C\C/C=C\CCCCCCCCCCC(=O)OC(COCCCCCCCCCCC)COC1OC(CO)C(O)C(OS(=O)(=O)O)C1O. The maximum absolute atomic E-state index is 12.8. The van der Waals surface area contributed by atoms with Crippen LogP contribution in [-0.2, 0) is 38.3 Å². The Morgan fingerprint density at radius 2 is 1.12 bits per heavy atom. The number of aliphatic hydroxyl groups is 3. The Morgan fingerprint density at radius 3 is 1.63 bits per heavy atom. The Hall–Kier alpha value is -1.68. The van der Waals surface area contributed by atoms with E-state index in [2.05, 4.69) is 54.5 Å². The molecule has 59 heavy (non-hydrogen) atoms. The number of hydrogen-bond acceptors (Lipinski definition) is 11. The second-order valence-corrected chi connectivity index (χ2v) is 17.0. The van der Waals surface area contributed by atoms with Crippen LogP contribution >= 0.6 is 0 Å². The number of aliphatic hydroxyl groups excluding tert-OH is 3. The Morgan fingerprint density at radius 1 is 0.644 bits per heavy atom. The van der Waals surface area contributed by atoms with Gasteiger partial charge in [-0.1, -0.05) is 166 Å². The van der Waals surface area contributed by atoms with Crippen molar-refractivity contribution < 1.29 is 56.2 Å². The van der Waals surface area contributed by atoms with E-state index in [1.165, 1.54) is 103 Å². The summed E-state index contributed by atoms with van der Waals surface area (Å²) in [5, 5.41) is 30.6. The standard InChI is InChI=1S/C46H84O12S/c1-3-5-7-9-11-13-14-15-16-17-18-19-20-21-22-23-24-25-26-27-29-31-33-35-42(48)56-40(38-54-36-34-32-30-28-12-10-8-6-4-2)39-55-46-44(50)45(58-59(51,52)53)43(49)41(37-47)57-46/h14-15,17-18,20-21,40-41,43-47,49-50H,3-13,16,19,22-39H2,1-2H3,(H,51,52,53)/b15-14-,18-17-,21-20-. The number of unbranched alkanes of at least 4 members (excludes halogenated alkanes) is 21. The van der Waals surface area contributed by atoms with Crippen LogP contribution in [-0.4, -0.2) is 97.5 Å². The topological polar surface area (TPSA) is 178 Å². The number of hydrogen-bond donors (Lipinski definition) is 4. The Bertz CT molecular complexity index is 1180. The zero-order chi connectivity index (χ0) is 43.2. The third-order valence-electron chi connectivity index (χ3n) is 10.5. The first-order chi connectivity index (χ1) is 28.6. The second kappa shape index (κ2) is 38.0. The Balaban J connectivity index is 2.34. The van der Waals surface area contributed by atoms with Gasteiger partial charge in [-0.15, -0.1) is 0 Å². The molecule has 13 heteroatoms. The van der Waals surface area contributed by atoms with E-state index >= 15 is 0 Å². The molecule has 0 radical (unpaired) electrons. The molecule has 6 atom stereocenters. The molecule has 0 bridgehead atoms. The predicted octanol–water partition coefficient (Wildman–Crippen LogP) is 9.80. The largest absolute Gasteiger partial charge is 0.457 e. The summed E-state index contributed by atoms with van der Waals surface area (Å²) in [6.07, 6.45) is 34.7. The zero-order valence-corrected chi connectivity index (χ0v) is 37.6. The molecule has 4 N–H and O–H groups in total. The third kappa shape index (κ3) is 31.8. The lowest BCUT2D eigenvalue weighted by atomic mass is 9.99. The fraction of sp³-hybridized carbons (Fsp3) is 0.848. The van der Waals surface area contributed by atoms with Gasteiger partial charge in [-0.3, -0.25) is 9.35 Å². The number of carbonyl (C=O) groups is 1. The predicted molar refractivity (Wildman–Crippen MR) is 234 cm³/mol. The monoisotopic (exact) mass is 861 g/mol. The molecular weight excluding hydrogens is 777 g/mol. The van der Waals surface area contributed by atoms with Crippen LogP contribution in [0, 0.1) is 0 Å². The van der Waals surface area contributed by atoms with Crippen LogP contribution in [0.15, 0.2) is 36.5 Å². The van der Waals surface area contributed by atoms with Crippen molar-refractivity contribution in [2.75, 3.05) is 26.4 Å². The van der Waals surface area contributed by atoms with Crippen molar-refractivity contribution in [3.8, 4) is 0 Å². The van der Waals surface area contributed by atoms with Crippen LogP contribution in [0.4, 0.5) is 0 Å². The molecule has 0 aromatic rings. The van der Waals surface area contributed by atoms with Gasteiger partial charge in [-0.25, -0.2) is 4.18 Å². The summed E-state index contributed by atoms with van der Waals surface area (Å²) in [4.78, 5) is 12.8. The highest BCUT2D eigenvalue weighted by atomic mass is 32.3. The molecule has 1 fully saturated rings. The summed E-state index contributed by atoms with van der Waals surface area (Å²) < 4.78 is 58.9. The number of esters is 1. The van der Waals surface area contributed by atoms with Crippen LogP contribution in [0.2, 0.25) is 0 Å². The second-order valence-electron chi connectivity index (χ2n) is 16.0. The van der Waals surface area contributed by atoms with Gasteiger partial charge in [0, 0.05) is 13.0 Å². The molecule has 1 heterocycles. The smallest absolute Gasteiger partial charge is 0.397 e. The summed E-state index contributed by atoms with van der Waals surface area (Å²) in [5.74, 6) is -0.407. The molecule has 12 nitrogen and oxygen atoms in total. The first-order valence-electron chi connectivity index (χ1n) is 23.2. The molecule has 0 amide bonds. The molecule has 0 aliphatic carbocycles. The van der Waals surface area contributed by atoms with E-state index in [1.54, 1.807) is 0 Å². The minimum Gasteiger partial charge on any atom is -0.457 e. The highest BCUT2D eigenvalue weighted by molar-refractivity contribution is 7.80. The summed E-state index contributed by atoms with van der Waals surface area (Å²) in [5.41, 5.74) is 0. The molecule has 0 aromatic heterocycles. The van der Waals surface area contributed by atoms with Crippen molar-refractivity contribution in [3.63, 3.8) is 0 Å². The van der Waals surface area contributed by atoms with Gasteiger partial charge >= 0.3 is 16.4 Å². The minimum absolute atomic E-state index is 0.0344. The maximum atomic E-state index is 12.8. The lowest BCUT2D eigenvalue weighted by Crippen LogP contribution is -2.60. The Labute approximate surface area is 358 Å². The van der Waals surface area contributed by atoms with E-state index in [0.717, 1.165) is 57.8 Å². The summed E-state index contributed by atoms with van der Waals surface area (Å²) in [6.45, 7) is 3.95. The van der Waals surface area contributed by atoms with E-state index in [4.69, 9.17) is 23.5 Å². The van der Waals surface area contributed by atoms with Crippen LogP contribution in [0.1, 0.15) is 187 Å². The van der Waals surface area contributed by atoms with Gasteiger partial charge < -0.3 is 34.3 Å². The average molecular weight is 861 g/mol. The molecule has 0 spiro atoms. The molecular formula is C46H84O12S. The fourth-order valence-corrected chi connectivity index (χ4v) is 7.48. The Kier molecular flexibility index (Phi) is 35.7. The van der Waals surface area contributed by atoms with Crippen molar-refractivity contribution >= 4 is 16.4 Å². The normalized spacial score (nSPS) is 20.7. The third-order valence-corrected chi connectivity index (χ3v) is 11.0. The van der Waals surface area contributed by atoms with Crippen LogP contribution < -0.4 is 0 Å². The van der Waals surface area contributed by atoms with Gasteiger partial charge in [0.25, 0.3) is 0 Å². The summed E-state index contributed by atoms with van der Waals surface area (Å²) in [6, 6.07) is 0. The highest BCUT2D eigenvalue weighted by Crippen LogP contribution is 2.26. The summed E-state index contributed by atoms with van der Waals surface area (Å²) >= 11 is 0. The quantitative estimate of drug-likeness (QED) is 0.0199. The van der Waals surface area contributed by atoms with Gasteiger partial charge in [-0.05, 0) is 51.4 Å². The van der Waals surface area contributed by atoms with Gasteiger partial charge in [0.2, 0.25) is 0 Å². The first kappa shape index (κ1) is 55.3. The van der Waals surface area contributed by atoms with Crippen molar-refractivity contribution in [2.24, 2.45) is 0 Å². The van der Waals surface area contributed by atoms with Crippen molar-refractivity contribution in [1.82, 2.24) is 0 Å². The molecule has 0 saturated carbocycles. The van der Waals surface area contributed by atoms with Gasteiger partial charge in [0.15, 0.2) is 6.29 Å². The average Bonchev–Trinajstić information content (AvgIpc) is 3.20. The molecule has 0 aromatic carbocycles. The number of carbonyl (C=O) groups excluding carboxylic acids is 1. The van der Waals surface area contributed by atoms with Crippen LogP contribution in [0.5, 0.6) is 0 Å².